The first-order valence-electron chi connectivity index (χ1n) is 6.03. The van der Waals surface area contributed by atoms with E-state index in [4.69, 9.17) is 0 Å². The normalized spacial score (nSPS) is 11.0. The first-order chi connectivity index (χ1) is 10.5. The maximum absolute atomic E-state index is 13.8. The van der Waals surface area contributed by atoms with Gasteiger partial charge in [-0.2, -0.15) is 0 Å². The van der Waals surface area contributed by atoms with E-state index in [1.165, 1.54) is 18.0 Å². The van der Waals surface area contributed by atoms with Gasteiger partial charge in [-0.25, -0.2) is 28.1 Å². The molecule has 0 aliphatic rings. The van der Waals surface area contributed by atoms with Crippen LogP contribution in [0.25, 0.3) is 16.7 Å². The van der Waals surface area contributed by atoms with E-state index in [1.807, 2.05) is 0 Å². The summed E-state index contributed by atoms with van der Waals surface area (Å²) in [6.07, 6.45) is 2.94. The maximum atomic E-state index is 13.8. The lowest BCUT2D eigenvalue weighted by Gasteiger charge is -2.08. The van der Waals surface area contributed by atoms with Gasteiger partial charge in [-0.05, 0) is 18.4 Å². The molecule has 0 fully saturated rings. The molecule has 112 valence electrons. The number of H-pyrrole nitrogens is 1. The van der Waals surface area contributed by atoms with Gasteiger partial charge in [0, 0.05) is 6.20 Å². The number of hydrogen-bond donors (Lipinski definition) is 1. The van der Waals surface area contributed by atoms with Gasteiger partial charge in [-0.1, -0.05) is 17.8 Å². The molecule has 3 rings (SSSR count). The highest BCUT2D eigenvalue weighted by Gasteiger charge is 2.17. The molecular formula is C13H8F2N4O2S. The Balaban J connectivity index is 2.42. The zero-order chi connectivity index (χ0) is 15.9. The van der Waals surface area contributed by atoms with E-state index in [0.29, 0.717) is 9.72 Å². The third-order valence-electron chi connectivity index (χ3n) is 2.97. The molecule has 9 heteroatoms. The molecule has 0 unspecified atom stereocenters. The Kier molecular flexibility index (Phi) is 3.49. The second kappa shape index (κ2) is 5.34. The topological polar surface area (TPSA) is 80.6 Å². The van der Waals surface area contributed by atoms with E-state index in [2.05, 4.69) is 15.0 Å². The standard InChI is InChI=1S/C13H8F2N4O2S/c1-22-12-16-5-6-10(17-12)18-13(21)19(11(6)20)9-7(14)3-2-4-8(9)15/h2-5H,1H3,(H,16,17,18,21). The van der Waals surface area contributed by atoms with Crippen LogP contribution in [-0.4, -0.2) is 25.8 Å². The molecule has 6 nitrogen and oxygen atoms in total. The van der Waals surface area contributed by atoms with Gasteiger partial charge in [0.05, 0.1) is 0 Å². The van der Waals surface area contributed by atoms with Crippen LogP contribution in [-0.2, 0) is 0 Å². The number of benzene rings is 1. The smallest absolute Gasteiger partial charge is 0.291 e. The number of para-hydroxylation sites is 1. The summed E-state index contributed by atoms with van der Waals surface area (Å²) in [7, 11) is 0. The molecule has 22 heavy (non-hydrogen) atoms. The van der Waals surface area contributed by atoms with Crippen LogP contribution in [0.5, 0.6) is 0 Å². The van der Waals surface area contributed by atoms with E-state index < -0.39 is 28.6 Å². The first-order valence-corrected chi connectivity index (χ1v) is 7.26. The van der Waals surface area contributed by atoms with Crippen LogP contribution >= 0.6 is 11.8 Å². The van der Waals surface area contributed by atoms with Gasteiger partial charge in [0.2, 0.25) is 0 Å². The fraction of sp³-hybridized carbons (Fsp3) is 0.0769. The summed E-state index contributed by atoms with van der Waals surface area (Å²) in [5, 5.41) is 0.317. The molecule has 2 aromatic heterocycles. The molecule has 0 saturated carbocycles. The number of aromatic amines is 1. The summed E-state index contributed by atoms with van der Waals surface area (Å²) < 4.78 is 28.1. The molecule has 0 radical (unpaired) electrons. The van der Waals surface area contributed by atoms with Crippen molar-refractivity contribution in [3.63, 3.8) is 0 Å². The minimum atomic E-state index is -1.02. The molecule has 0 aliphatic carbocycles. The Bertz CT molecular complexity index is 979. The molecule has 0 amide bonds. The largest absolute Gasteiger partial charge is 0.334 e. The van der Waals surface area contributed by atoms with Gasteiger partial charge in [0.15, 0.2) is 10.8 Å². The molecule has 3 aromatic rings. The Morgan fingerprint density at radius 1 is 1.23 bits per heavy atom. The fourth-order valence-corrected chi connectivity index (χ4v) is 2.33. The number of rotatable bonds is 2. The molecule has 0 saturated heterocycles. The first kappa shape index (κ1) is 14.4. The third kappa shape index (κ3) is 2.19. The van der Waals surface area contributed by atoms with Crippen molar-refractivity contribution >= 4 is 22.8 Å². The maximum Gasteiger partial charge on any atom is 0.334 e. The molecule has 1 N–H and O–H groups in total. The van der Waals surface area contributed by atoms with Gasteiger partial charge >= 0.3 is 5.69 Å². The fourth-order valence-electron chi connectivity index (χ4n) is 1.99. The van der Waals surface area contributed by atoms with Crippen LogP contribution < -0.4 is 11.2 Å². The molecule has 0 spiro atoms. The second-order valence-electron chi connectivity index (χ2n) is 4.26. The summed E-state index contributed by atoms with van der Waals surface area (Å²) in [5.41, 5.74) is -2.59. The monoisotopic (exact) mass is 322 g/mol. The van der Waals surface area contributed by atoms with Gasteiger partial charge in [-0.3, -0.25) is 9.78 Å². The minimum Gasteiger partial charge on any atom is -0.291 e. The van der Waals surface area contributed by atoms with Crippen molar-refractivity contribution in [2.45, 2.75) is 5.16 Å². The Hall–Kier alpha value is -2.55. The third-order valence-corrected chi connectivity index (χ3v) is 3.53. The van der Waals surface area contributed by atoms with E-state index in [-0.39, 0.29) is 11.0 Å². The zero-order valence-corrected chi connectivity index (χ0v) is 11.9. The highest BCUT2D eigenvalue weighted by Crippen LogP contribution is 2.15. The van der Waals surface area contributed by atoms with E-state index in [9.17, 15) is 18.4 Å². The molecule has 0 aliphatic heterocycles. The number of hydrogen-bond acceptors (Lipinski definition) is 5. The van der Waals surface area contributed by atoms with Crippen molar-refractivity contribution < 1.29 is 8.78 Å². The second-order valence-corrected chi connectivity index (χ2v) is 5.03. The number of nitrogens with zero attached hydrogens (tertiary/aromatic N) is 3. The van der Waals surface area contributed by atoms with Crippen molar-refractivity contribution in [2.24, 2.45) is 0 Å². The van der Waals surface area contributed by atoms with Crippen LogP contribution in [0.15, 0.2) is 39.1 Å². The minimum absolute atomic E-state index is 0.0161. The number of aromatic nitrogens is 4. The van der Waals surface area contributed by atoms with Crippen LogP contribution in [0.3, 0.4) is 0 Å². The number of fused-ring (bicyclic) bond motifs is 1. The van der Waals surface area contributed by atoms with Crippen LogP contribution in [0, 0.1) is 11.6 Å². The van der Waals surface area contributed by atoms with Gasteiger partial charge in [-0.15, -0.1) is 0 Å². The van der Waals surface area contributed by atoms with Crippen LogP contribution in [0.4, 0.5) is 8.78 Å². The Morgan fingerprint density at radius 3 is 2.55 bits per heavy atom. The Morgan fingerprint density at radius 2 is 1.91 bits per heavy atom. The summed E-state index contributed by atoms with van der Waals surface area (Å²) >= 11 is 1.23. The number of halogens is 2. The molecule has 0 bridgehead atoms. The van der Waals surface area contributed by atoms with Crippen molar-refractivity contribution in [2.75, 3.05) is 6.26 Å². The van der Waals surface area contributed by atoms with E-state index >= 15 is 0 Å². The predicted molar refractivity (Wildman–Crippen MR) is 77.5 cm³/mol. The summed E-state index contributed by atoms with van der Waals surface area (Å²) in [6, 6.07) is 3.06. The average molecular weight is 322 g/mol. The lowest BCUT2D eigenvalue weighted by atomic mass is 10.2. The van der Waals surface area contributed by atoms with Crippen molar-refractivity contribution in [1.82, 2.24) is 19.5 Å². The molecule has 2 heterocycles. The summed E-state index contributed by atoms with van der Waals surface area (Å²) in [5.74, 6) is -2.04. The predicted octanol–water partition coefficient (Wildman–Crippen LogP) is 1.47. The molecular weight excluding hydrogens is 314 g/mol. The quantitative estimate of drug-likeness (QED) is 0.571. The molecule has 0 atom stereocenters. The highest BCUT2D eigenvalue weighted by atomic mass is 32.2. The van der Waals surface area contributed by atoms with Crippen molar-refractivity contribution in [3.05, 3.63) is 56.9 Å². The zero-order valence-electron chi connectivity index (χ0n) is 11.1. The van der Waals surface area contributed by atoms with Crippen molar-refractivity contribution in [1.29, 1.82) is 0 Å². The summed E-state index contributed by atoms with van der Waals surface area (Å²) in [4.78, 5) is 34.7. The SMILES string of the molecule is CSc1ncc2c(=O)n(-c3c(F)cccc3F)c(=O)[nH]c2n1. The van der Waals surface area contributed by atoms with Gasteiger partial charge < -0.3 is 0 Å². The average Bonchev–Trinajstić information content (AvgIpc) is 2.49. The van der Waals surface area contributed by atoms with Crippen LogP contribution in [0.2, 0.25) is 0 Å². The number of nitrogens with one attached hydrogen (secondary N) is 1. The van der Waals surface area contributed by atoms with E-state index in [1.54, 1.807) is 6.26 Å². The number of thioether (sulfide) groups is 1. The Labute approximate surface area is 125 Å². The van der Waals surface area contributed by atoms with Crippen LogP contribution in [0.1, 0.15) is 0 Å². The van der Waals surface area contributed by atoms with Gasteiger partial charge in [0.1, 0.15) is 22.7 Å². The lowest BCUT2D eigenvalue weighted by Crippen LogP contribution is -2.35. The lowest BCUT2D eigenvalue weighted by molar-refractivity contribution is 0.563. The van der Waals surface area contributed by atoms with E-state index in [0.717, 1.165) is 18.2 Å². The summed E-state index contributed by atoms with van der Waals surface area (Å²) in [6.45, 7) is 0. The molecule has 1 aromatic carbocycles. The van der Waals surface area contributed by atoms with Crippen molar-refractivity contribution in [3.8, 4) is 5.69 Å². The highest BCUT2D eigenvalue weighted by molar-refractivity contribution is 7.98. The van der Waals surface area contributed by atoms with Gasteiger partial charge in [0.25, 0.3) is 5.56 Å².